The van der Waals surface area contributed by atoms with E-state index in [1.165, 1.54) is 5.01 Å². The Morgan fingerprint density at radius 2 is 2.14 bits per heavy atom. The van der Waals surface area contributed by atoms with Gasteiger partial charge in [-0.05, 0) is 25.3 Å². The summed E-state index contributed by atoms with van der Waals surface area (Å²) in [5, 5.41) is 4.29. The molecule has 2 rings (SSSR count). The van der Waals surface area contributed by atoms with E-state index in [4.69, 9.17) is 4.74 Å². The molecule has 5 heteroatoms. The average Bonchev–Trinajstić information content (AvgIpc) is 2.55. The molecule has 0 amide bonds. The highest BCUT2D eigenvalue weighted by Crippen LogP contribution is 2.40. The van der Waals surface area contributed by atoms with Crippen LogP contribution in [0.4, 0.5) is 0 Å². The molecule has 0 radical (unpaired) electrons. The van der Waals surface area contributed by atoms with Gasteiger partial charge in [0.15, 0.2) is 0 Å². The molecule has 5 nitrogen and oxygen atoms in total. The minimum atomic E-state index is -0.894. The molecule has 0 fully saturated rings. The van der Waals surface area contributed by atoms with Gasteiger partial charge in [0, 0.05) is 7.05 Å². The first-order chi connectivity index (χ1) is 10.2. The summed E-state index contributed by atoms with van der Waals surface area (Å²) in [7, 11) is 1.59. The first-order valence-electron chi connectivity index (χ1n) is 7.12. The van der Waals surface area contributed by atoms with Crippen LogP contribution in [0.3, 0.4) is 0 Å². The van der Waals surface area contributed by atoms with E-state index in [2.05, 4.69) is 5.29 Å². The lowest BCUT2D eigenvalue weighted by Crippen LogP contribution is -2.53. The first kappa shape index (κ1) is 15.2. The zero-order valence-corrected chi connectivity index (χ0v) is 12.4. The minimum absolute atomic E-state index is 0.305. The lowest BCUT2D eigenvalue weighted by Gasteiger charge is -2.41. The normalized spacial score (nSPS) is 24.4. The number of nitrogens with zero attached hydrogens (tertiary/aromatic N) is 2. The second-order valence-electron chi connectivity index (χ2n) is 5.12. The molecule has 0 heterocycles. The fraction of sp³-hybridized carbons (Fsp3) is 0.438. The van der Waals surface area contributed by atoms with Crippen LogP contribution in [0.25, 0.3) is 0 Å². The van der Waals surface area contributed by atoms with E-state index < -0.39 is 11.5 Å². The van der Waals surface area contributed by atoms with Crippen molar-refractivity contribution in [1.82, 2.24) is 5.01 Å². The Balaban J connectivity index is 2.56. The SMILES string of the molecule is CCOC(=O)[C@]1(c2ccccc2)CCC=C[C@H]1N(C)N=O. The molecule has 0 N–H and O–H groups in total. The number of esters is 1. The number of carbonyl (C=O) groups excluding carboxylic acids is 1. The Labute approximate surface area is 124 Å². The molecule has 0 spiro atoms. The summed E-state index contributed by atoms with van der Waals surface area (Å²) in [5.41, 5.74) is -0.0393. The van der Waals surface area contributed by atoms with Crippen LogP contribution < -0.4 is 0 Å². The van der Waals surface area contributed by atoms with Gasteiger partial charge in [0.2, 0.25) is 0 Å². The van der Waals surface area contributed by atoms with E-state index >= 15 is 0 Å². The molecule has 1 aromatic rings. The summed E-state index contributed by atoms with van der Waals surface area (Å²) in [4.78, 5) is 23.7. The van der Waals surface area contributed by atoms with Crippen LogP contribution in [-0.2, 0) is 14.9 Å². The fourth-order valence-corrected chi connectivity index (χ4v) is 2.99. The summed E-state index contributed by atoms with van der Waals surface area (Å²) < 4.78 is 5.32. The van der Waals surface area contributed by atoms with Crippen LogP contribution in [0.1, 0.15) is 25.3 Å². The topological polar surface area (TPSA) is 59.0 Å². The smallest absolute Gasteiger partial charge is 0.319 e. The molecule has 0 saturated heterocycles. The number of rotatable bonds is 5. The Morgan fingerprint density at radius 3 is 2.76 bits per heavy atom. The van der Waals surface area contributed by atoms with Crippen molar-refractivity contribution in [3.63, 3.8) is 0 Å². The molecule has 0 aliphatic heterocycles. The van der Waals surface area contributed by atoms with Crippen molar-refractivity contribution < 1.29 is 9.53 Å². The fourth-order valence-electron chi connectivity index (χ4n) is 2.99. The third-order valence-corrected chi connectivity index (χ3v) is 3.99. The number of hydrogen-bond acceptors (Lipinski definition) is 4. The molecule has 1 aromatic carbocycles. The van der Waals surface area contributed by atoms with E-state index in [0.29, 0.717) is 13.0 Å². The lowest BCUT2D eigenvalue weighted by molar-refractivity contribution is -0.153. The summed E-state index contributed by atoms with van der Waals surface area (Å²) >= 11 is 0. The Kier molecular flexibility index (Phi) is 4.73. The zero-order valence-electron chi connectivity index (χ0n) is 12.4. The number of likely N-dealkylation sites (N-methyl/N-ethyl adjacent to an activating group) is 1. The minimum Gasteiger partial charge on any atom is -0.465 e. The number of ether oxygens (including phenoxy) is 1. The molecule has 21 heavy (non-hydrogen) atoms. The molecule has 1 aliphatic rings. The quantitative estimate of drug-likeness (QED) is 0.362. The molecular weight excluding hydrogens is 268 g/mol. The third-order valence-electron chi connectivity index (χ3n) is 3.99. The number of benzene rings is 1. The van der Waals surface area contributed by atoms with Gasteiger partial charge >= 0.3 is 5.97 Å². The van der Waals surface area contributed by atoms with Gasteiger partial charge in [-0.3, -0.25) is 9.80 Å². The lowest BCUT2D eigenvalue weighted by atomic mass is 9.68. The van der Waals surface area contributed by atoms with E-state index in [-0.39, 0.29) is 5.97 Å². The van der Waals surface area contributed by atoms with Gasteiger partial charge < -0.3 is 4.74 Å². The Hall–Kier alpha value is -2.17. The maximum Gasteiger partial charge on any atom is 0.319 e. The maximum absolute atomic E-state index is 12.7. The average molecular weight is 288 g/mol. The van der Waals surface area contributed by atoms with Gasteiger partial charge in [0.1, 0.15) is 5.41 Å². The van der Waals surface area contributed by atoms with Gasteiger partial charge in [-0.1, -0.05) is 42.5 Å². The number of allylic oxidation sites excluding steroid dienone is 1. The van der Waals surface area contributed by atoms with Crippen molar-refractivity contribution in [2.45, 2.75) is 31.2 Å². The van der Waals surface area contributed by atoms with Crippen molar-refractivity contribution in [2.75, 3.05) is 13.7 Å². The highest BCUT2D eigenvalue weighted by molar-refractivity contribution is 5.85. The predicted octanol–water partition coefficient (Wildman–Crippen LogP) is 2.82. The number of hydrogen-bond donors (Lipinski definition) is 0. The summed E-state index contributed by atoms with van der Waals surface area (Å²) in [6.45, 7) is 2.09. The van der Waals surface area contributed by atoms with Crippen LogP contribution in [0.5, 0.6) is 0 Å². The highest BCUT2D eigenvalue weighted by Gasteiger charge is 2.50. The van der Waals surface area contributed by atoms with Gasteiger partial charge in [0.05, 0.1) is 17.9 Å². The van der Waals surface area contributed by atoms with Crippen LogP contribution >= 0.6 is 0 Å². The van der Waals surface area contributed by atoms with Crippen LogP contribution in [0.15, 0.2) is 47.8 Å². The van der Waals surface area contributed by atoms with Crippen molar-refractivity contribution in [2.24, 2.45) is 5.29 Å². The van der Waals surface area contributed by atoms with E-state index in [1.807, 2.05) is 42.5 Å². The number of nitroso groups, excluding NO2 is 1. The van der Waals surface area contributed by atoms with Gasteiger partial charge in [-0.25, -0.2) is 0 Å². The van der Waals surface area contributed by atoms with E-state index in [0.717, 1.165) is 12.0 Å². The standard InChI is InChI=1S/C16H20N2O3/c1-3-21-15(19)16(13-9-5-4-6-10-13)12-8-7-11-14(16)18(2)17-20/h4-7,9-11,14H,3,8,12H2,1-2H3/t14-,16+/m1/s1. The second kappa shape index (κ2) is 6.52. The van der Waals surface area contributed by atoms with Crippen molar-refractivity contribution >= 4 is 5.97 Å². The molecular formula is C16H20N2O3. The summed E-state index contributed by atoms with van der Waals surface area (Å²) in [5.74, 6) is -0.305. The molecule has 0 unspecified atom stereocenters. The molecule has 1 aliphatic carbocycles. The van der Waals surface area contributed by atoms with Gasteiger partial charge in [0.25, 0.3) is 0 Å². The molecule has 112 valence electrons. The maximum atomic E-state index is 12.7. The summed E-state index contributed by atoms with van der Waals surface area (Å²) in [6, 6.07) is 9.05. The van der Waals surface area contributed by atoms with Crippen LogP contribution in [-0.4, -0.2) is 30.7 Å². The molecule has 0 bridgehead atoms. The second-order valence-corrected chi connectivity index (χ2v) is 5.12. The largest absolute Gasteiger partial charge is 0.465 e. The monoisotopic (exact) mass is 288 g/mol. The predicted molar refractivity (Wildman–Crippen MR) is 80.5 cm³/mol. The van der Waals surface area contributed by atoms with Crippen LogP contribution in [0, 0.1) is 4.91 Å². The highest BCUT2D eigenvalue weighted by atomic mass is 16.5. The van der Waals surface area contributed by atoms with E-state index in [9.17, 15) is 9.70 Å². The van der Waals surface area contributed by atoms with Crippen LogP contribution in [0.2, 0.25) is 0 Å². The summed E-state index contributed by atoms with van der Waals surface area (Å²) in [6.07, 6.45) is 5.20. The van der Waals surface area contributed by atoms with Crippen molar-refractivity contribution in [3.8, 4) is 0 Å². The van der Waals surface area contributed by atoms with Gasteiger partial charge in [-0.15, -0.1) is 4.91 Å². The van der Waals surface area contributed by atoms with Crippen molar-refractivity contribution in [1.29, 1.82) is 0 Å². The molecule has 0 saturated carbocycles. The van der Waals surface area contributed by atoms with Gasteiger partial charge in [-0.2, -0.15) is 0 Å². The van der Waals surface area contributed by atoms with Crippen molar-refractivity contribution in [3.05, 3.63) is 53.0 Å². The zero-order chi connectivity index (χ0) is 15.3. The molecule has 2 atom stereocenters. The van der Waals surface area contributed by atoms with E-state index in [1.54, 1.807) is 14.0 Å². The first-order valence-corrected chi connectivity index (χ1v) is 7.12. The number of carbonyl (C=O) groups is 1. The third kappa shape index (κ3) is 2.68. The Bertz CT molecular complexity index is 530. The Morgan fingerprint density at radius 1 is 1.43 bits per heavy atom. The molecule has 0 aromatic heterocycles.